The largest absolute Gasteiger partial charge is 0.468 e. The molecule has 3 heteroatoms. The summed E-state index contributed by atoms with van der Waals surface area (Å²) in [5, 5.41) is 0. The number of rotatable bonds is 1. The monoisotopic (exact) mass is 153 g/mol. The van der Waals surface area contributed by atoms with Crippen molar-refractivity contribution in [1.29, 1.82) is 0 Å². The standard InChI is InChI=1S/C8H9O3/c1-5-4-11-6(2)7(5)8(9)10-3/h4H,3H2,1-2H3. The van der Waals surface area contributed by atoms with Gasteiger partial charge in [0.15, 0.2) is 0 Å². The van der Waals surface area contributed by atoms with Crippen molar-refractivity contribution in [1.82, 2.24) is 0 Å². The van der Waals surface area contributed by atoms with Crippen LogP contribution in [0.1, 0.15) is 21.7 Å². The average molecular weight is 153 g/mol. The molecule has 1 aromatic heterocycles. The predicted octanol–water partition coefficient (Wildman–Crippen LogP) is 1.84. The zero-order valence-electron chi connectivity index (χ0n) is 6.51. The summed E-state index contributed by atoms with van der Waals surface area (Å²) < 4.78 is 9.30. The van der Waals surface area contributed by atoms with Gasteiger partial charge in [-0.05, 0) is 13.8 Å². The number of ether oxygens (including phenoxy) is 1. The fraction of sp³-hybridized carbons (Fsp3) is 0.250. The van der Waals surface area contributed by atoms with Crippen LogP contribution in [0.2, 0.25) is 0 Å². The van der Waals surface area contributed by atoms with Crippen LogP contribution in [0, 0.1) is 21.0 Å². The highest BCUT2D eigenvalue weighted by atomic mass is 16.5. The van der Waals surface area contributed by atoms with Gasteiger partial charge in [-0.2, -0.15) is 0 Å². The molecule has 0 bridgehead atoms. The molecule has 0 aliphatic rings. The highest BCUT2D eigenvalue weighted by Gasteiger charge is 2.15. The van der Waals surface area contributed by atoms with Crippen LogP contribution in [-0.4, -0.2) is 5.97 Å². The van der Waals surface area contributed by atoms with E-state index in [-0.39, 0.29) is 0 Å². The molecule has 0 N–H and O–H groups in total. The highest BCUT2D eigenvalue weighted by Crippen LogP contribution is 2.15. The molecule has 0 spiro atoms. The molecular weight excluding hydrogens is 144 g/mol. The lowest BCUT2D eigenvalue weighted by Gasteiger charge is -1.96. The van der Waals surface area contributed by atoms with Crippen LogP contribution in [0.15, 0.2) is 10.7 Å². The van der Waals surface area contributed by atoms with Crippen molar-refractivity contribution in [3.63, 3.8) is 0 Å². The molecule has 0 aromatic carbocycles. The molecule has 0 aliphatic carbocycles. The molecule has 1 heterocycles. The highest BCUT2D eigenvalue weighted by molar-refractivity contribution is 5.92. The number of furan rings is 1. The van der Waals surface area contributed by atoms with Gasteiger partial charge in [-0.25, -0.2) is 4.79 Å². The second-order valence-corrected chi connectivity index (χ2v) is 2.28. The molecule has 0 amide bonds. The van der Waals surface area contributed by atoms with E-state index in [1.807, 2.05) is 0 Å². The van der Waals surface area contributed by atoms with Crippen molar-refractivity contribution in [3.05, 3.63) is 30.3 Å². The molecule has 1 aromatic rings. The smallest absolute Gasteiger partial charge is 0.342 e. The van der Waals surface area contributed by atoms with Crippen LogP contribution in [0.5, 0.6) is 0 Å². The van der Waals surface area contributed by atoms with Crippen LogP contribution in [0.4, 0.5) is 0 Å². The SMILES string of the molecule is [CH2]OC(=O)c1c(C)coc1C. The third kappa shape index (κ3) is 1.27. The van der Waals surface area contributed by atoms with Crippen molar-refractivity contribution >= 4 is 5.97 Å². The molecule has 59 valence electrons. The van der Waals surface area contributed by atoms with Crippen LogP contribution in [0.3, 0.4) is 0 Å². The van der Waals surface area contributed by atoms with E-state index in [0.29, 0.717) is 11.3 Å². The Morgan fingerprint density at radius 2 is 2.27 bits per heavy atom. The number of esters is 1. The number of hydrogen-bond acceptors (Lipinski definition) is 3. The zero-order chi connectivity index (χ0) is 8.43. The van der Waals surface area contributed by atoms with E-state index in [2.05, 4.69) is 11.8 Å². The topological polar surface area (TPSA) is 39.4 Å². The Morgan fingerprint density at radius 1 is 1.64 bits per heavy atom. The Morgan fingerprint density at radius 3 is 2.64 bits per heavy atom. The lowest BCUT2D eigenvalue weighted by atomic mass is 10.2. The lowest BCUT2D eigenvalue weighted by molar-refractivity contribution is 0.0651. The summed E-state index contributed by atoms with van der Waals surface area (Å²) in [6.07, 6.45) is 1.52. The Labute approximate surface area is 65.0 Å². The molecule has 0 fully saturated rings. The summed E-state index contributed by atoms with van der Waals surface area (Å²) in [6, 6.07) is 0. The minimum atomic E-state index is -0.450. The molecule has 0 saturated heterocycles. The van der Waals surface area contributed by atoms with Gasteiger partial charge in [-0.3, -0.25) is 0 Å². The summed E-state index contributed by atoms with van der Waals surface area (Å²) in [6.45, 7) is 3.49. The van der Waals surface area contributed by atoms with Crippen molar-refractivity contribution in [2.75, 3.05) is 0 Å². The van der Waals surface area contributed by atoms with E-state index >= 15 is 0 Å². The average Bonchev–Trinajstić information content (AvgIpc) is 2.30. The van der Waals surface area contributed by atoms with Gasteiger partial charge in [0, 0.05) is 5.56 Å². The van der Waals surface area contributed by atoms with Gasteiger partial charge in [-0.15, -0.1) is 0 Å². The van der Waals surface area contributed by atoms with E-state index in [4.69, 9.17) is 4.42 Å². The molecule has 11 heavy (non-hydrogen) atoms. The molecular formula is C8H9O3. The second kappa shape index (κ2) is 2.78. The molecule has 0 atom stereocenters. The first-order chi connectivity index (χ1) is 5.16. The summed E-state index contributed by atoms with van der Waals surface area (Å²) in [5.74, 6) is 0.116. The molecule has 0 saturated carbocycles. The van der Waals surface area contributed by atoms with Crippen molar-refractivity contribution < 1.29 is 13.9 Å². The van der Waals surface area contributed by atoms with E-state index in [9.17, 15) is 4.79 Å². The molecule has 0 aliphatic heterocycles. The number of carbonyl (C=O) groups is 1. The maximum Gasteiger partial charge on any atom is 0.342 e. The Bertz CT molecular complexity index is 253. The summed E-state index contributed by atoms with van der Waals surface area (Å²) in [5.41, 5.74) is 1.25. The fourth-order valence-electron chi connectivity index (χ4n) is 0.949. The van der Waals surface area contributed by atoms with Crippen LogP contribution in [0.25, 0.3) is 0 Å². The Balaban J connectivity index is 3.10. The minimum Gasteiger partial charge on any atom is -0.468 e. The summed E-state index contributed by atoms with van der Waals surface area (Å²) in [4.78, 5) is 11.0. The third-order valence-corrected chi connectivity index (χ3v) is 1.49. The molecule has 1 rings (SSSR count). The van der Waals surface area contributed by atoms with E-state index in [1.54, 1.807) is 13.8 Å². The molecule has 0 unspecified atom stereocenters. The van der Waals surface area contributed by atoms with Crippen LogP contribution in [-0.2, 0) is 4.74 Å². The zero-order valence-corrected chi connectivity index (χ0v) is 6.51. The van der Waals surface area contributed by atoms with Crippen molar-refractivity contribution in [2.45, 2.75) is 13.8 Å². The van der Waals surface area contributed by atoms with Gasteiger partial charge in [0.05, 0.1) is 6.26 Å². The van der Waals surface area contributed by atoms with Gasteiger partial charge >= 0.3 is 5.97 Å². The quantitative estimate of drug-likeness (QED) is 0.578. The Kier molecular flexibility index (Phi) is 1.98. The molecule has 1 radical (unpaired) electrons. The predicted molar refractivity (Wildman–Crippen MR) is 39.0 cm³/mol. The third-order valence-electron chi connectivity index (χ3n) is 1.49. The number of carbonyl (C=O) groups excluding carboxylic acids is 1. The Hall–Kier alpha value is -1.25. The maximum absolute atomic E-state index is 11.0. The van der Waals surface area contributed by atoms with Gasteiger partial charge in [0.1, 0.15) is 18.4 Å². The second-order valence-electron chi connectivity index (χ2n) is 2.28. The van der Waals surface area contributed by atoms with Gasteiger partial charge in [0.2, 0.25) is 0 Å². The molecule has 3 nitrogen and oxygen atoms in total. The van der Waals surface area contributed by atoms with Crippen LogP contribution >= 0.6 is 0 Å². The first kappa shape index (κ1) is 7.85. The summed E-state index contributed by atoms with van der Waals surface area (Å²) in [7, 11) is 3.03. The van der Waals surface area contributed by atoms with Crippen molar-refractivity contribution in [3.8, 4) is 0 Å². The number of aryl methyl sites for hydroxylation is 2. The van der Waals surface area contributed by atoms with Crippen molar-refractivity contribution in [2.24, 2.45) is 0 Å². The van der Waals surface area contributed by atoms with Gasteiger partial charge < -0.3 is 9.15 Å². The first-order valence-corrected chi connectivity index (χ1v) is 3.18. The summed E-state index contributed by atoms with van der Waals surface area (Å²) >= 11 is 0. The normalized spacial score (nSPS) is 9.73. The maximum atomic E-state index is 11.0. The first-order valence-electron chi connectivity index (χ1n) is 3.18. The van der Waals surface area contributed by atoms with E-state index < -0.39 is 5.97 Å². The van der Waals surface area contributed by atoms with Gasteiger partial charge in [0.25, 0.3) is 0 Å². The minimum absolute atomic E-state index is 0.450. The number of hydrogen-bond donors (Lipinski definition) is 0. The van der Waals surface area contributed by atoms with Gasteiger partial charge in [-0.1, -0.05) is 0 Å². The lowest BCUT2D eigenvalue weighted by Crippen LogP contribution is -2.01. The van der Waals surface area contributed by atoms with E-state index in [0.717, 1.165) is 5.56 Å². The van der Waals surface area contributed by atoms with Crippen LogP contribution < -0.4 is 0 Å². The van der Waals surface area contributed by atoms with E-state index in [1.165, 1.54) is 6.26 Å². The fourth-order valence-corrected chi connectivity index (χ4v) is 0.949.